The molecule has 0 aliphatic carbocycles. The van der Waals surface area contributed by atoms with E-state index in [1.54, 1.807) is 49.4 Å². The number of imide groups is 1. The average Bonchev–Trinajstić information content (AvgIpc) is 2.78. The van der Waals surface area contributed by atoms with Crippen molar-refractivity contribution in [1.82, 2.24) is 0 Å². The Morgan fingerprint density at radius 2 is 1.64 bits per heavy atom. The number of amides is 2. The highest BCUT2D eigenvalue weighted by atomic mass is 35.5. The molecule has 110 valence electrons. The summed E-state index contributed by atoms with van der Waals surface area (Å²) < 4.78 is 0. The molecule has 0 spiro atoms. The summed E-state index contributed by atoms with van der Waals surface area (Å²) in [6.45, 7) is 1.78. The highest BCUT2D eigenvalue weighted by Gasteiger charge is 2.34. The number of carbonyl (C=O) groups excluding carboxylic acids is 2. The van der Waals surface area contributed by atoms with Crippen LogP contribution in [0.25, 0.3) is 5.57 Å². The minimum absolute atomic E-state index is 0.348. The lowest BCUT2D eigenvalue weighted by molar-refractivity contribution is -0.119. The zero-order valence-electron chi connectivity index (χ0n) is 11.6. The van der Waals surface area contributed by atoms with Crippen LogP contribution in [0.3, 0.4) is 0 Å². The van der Waals surface area contributed by atoms with Gasteiger partial charge >= 0.3 is 0 Å². The molecule has 0 atom stereocenters. The fourth-order valence-electron chi connectivity index (χ4n) is 2.37. The van der Waals surface area contributed by atoms with Crippen molar-refractivity contribution >= 4 is 46.3 Å². The number of anilines is 1. The summed E-state index contributed by atoms with van der Waals surface area (Å²) in [5, 5.41) is 1.08. The van der Waals surface area contributed by atoms with E-state index in [1.807, 2.05) is 0 Å². The second-order valence-electron chi connectivity index (χ2n) is 4.93. The summed E-state index contributed by atoms with van der Waals surface area (Å²) in [7, 11) is 0. The predicted octanol–water partition coefficient (Wildman–Crippen LogP) is 4.26. The van der Waals surface area contributed by atoms with Gasteiger partial charge < -0.3 is 0 Å². The van der Waals surface area contributed by atoms with Gasteiger partial charge in [-0.2, -0.15) is 0 Å². The fraction of sp³-hybridized carbons (Fsp3) is 0.0588. The Morgan fingerprint density at radius 1 is 0.955 bits per heavy atom. The molecule has 1 heterocycles. The number of halogens is 2. The summed E-state index contributed by atoms with van der Waals surface area (Å²) in [5.74, 6) is -0.738. The molecular weight excluding hydrogens is 321 g/mol. The molecule has 0 bridgehead atoms. The quantitative estimate of drug-likeness (QED) is 0.771. The van der Waals surface area contributed by atoms with Gasteiger partial charge in [-0.3, -0.25) is 9.59 Å². The maximum atomic E-state index is 12.6. The van der Waals surface area contributed by atoms with E-state index in [0.717, 1.165) is 4.90 Å². The molecular formula is C17H11Cl2NO2. The maximum absolute atomic E-state index is 12.6. The van der Waals surface area contributed by atoms with Gasteiger partial charge in [-0.1, -0.05) is 41.4 Å². The molecule has 5 heteroatoms. The van der Waals surface area contributed by atoms with Crippen LogP contribution in [-0.4, -0.2) is 11.8 Å². The van der Waals surface area contributed by atoms with Crippen molar-refractivity contribution in [2.24, 2.45) is 0 Å². The Hall–Kier alpha value is -2.10. The molecule has 3 rings (SSSR count). The van der Waals surface area contributed by atoms with E-state index >= 15 is 0 Å². The van der Waals surface area contributed by atoms with Crippen LogP contribution in [0.1, 0.15) is 11.1 Å². The van der Waals surface area contributed by atoms with Crippen molar-refractivity contribution in [2.45, 2.75) is 6.92 Å². The van der Waals surface area contributed by atoms with E-state index in [9.17, 15) is 9.59 Å². The largest absolute Gasteiger partial charge is 0.269 e. The maximum Gasteiger partial charge on any atom is 0.266 e. The molecule has 0 saturated heterocycles. The number of hydrogen-bond acceptors (Lipinski definition) is 2. The van der Waals surface area contributed by atoms with Crippen molar-refractivity contribution in [3.63, 3.8) is 0 Å². The second-order valence-corrected chi connectivity index (χ2v) is 5.77. The van der Waals surface area contributed by atoms with Crippen molar-refractivity contribution in [3.8, 4) is 0 Å². The summed E-state index contributed by atoms with van der Waals surface area (Å²) in [5.41, 5.74) is 2.20. The Labute approximate surface area is 137 Å². The van der Waals surface area contributed by atoms with Crippen LogP contribution < -0.4 is 4.90 Å². The first-order valence-electron chi connectivity index (χ1n) is 6.60. The van der Waals surface area contributed by atoms with Gasteiger partial charge in [0.15, 0.2) is 0 Å². The third-order valence-corrected chi connectivity index (χ3v) is 4.22. The SMILES string of the molecule is Cc1c(Cl)cccc1N1C(=O)C=C(c2ccc(Cl)cc2)C1=O. The van der Waals surface area contributed by atoms with Gasteiger partial charge in [0.25, 0.3) is 11.8 Å². The number of nitrogens with zero attached hydrogens (tertiary/aromatic N) is 1. The Kier molecular flexibility index (Phi) is 3.77. The van der Waals surface area contributed by atoms with Crippen LogP contribution >= 0.6 is 23.2 Å². The van der Waals surface area contributed by atoms with Crippen LogP contribution in [0.2, 0.25) is 10.0 Å². The molecule has 2 aromatic carbocycles. The van der Waals surface area contributed by atoms with E-state index in [-0.39, 0.29) is 11.8 Å². The second kappa shape index (κ2) is 5.59. The number of rotatable bonds is 2. The number of benzene rings is 2. The third-order valence-electron chi connectivity index (χ3n) is 3.56. The van der Waals surface area contributed by atoms with Crippen molar-refractivity contribution < 1.29 is 9.59 Å². The van der Waals surface area contributed by atoms with E-state index < -0.39 is 0 Å². The van der Waals surface area contributed by atoms with Crippen molar-refractivity contribution in [3.05, 3.63) is 69.7 Å². The average molecular weight is 332 g/mol. The van der Waals surface area contributed by atoms with E-state index in [4.69, 9.17) is 23.2 Å². The summed E-state index contributed by atoms with van der Waals surface area (Å²) in [6, 6.07) is 11.9. The van der Waals surface area contributed by atoms with Gasteiger partial charge in [-0.15, -0.1) is 0 Å². The molecule has 0 saturated carbocycles. The molecule has 0 fully saturated rings. The summed E-state index contributed by atoms with van der Waals surface area (Å²) in [6.07, 6.45) is 1.34. The van der Waals surface area contributed by atoms with Crippen LogP contribution in [0, 0.1) is 6.92 Å². The van der Waals surface area contributed by atoms with Gasteiger partial charge in [0.1, 0.15) is 0 Å². The molecule has 2 aromatic rings. The first kappa shape index (κ1) is 14.8. The van der Waals surface area contributed by atoms with Crippen molar-refractivity contribution in [1.29, 1.82) is 0 Å². The minimum atomic E-state index is -0.375. The predicted molar refractivity (Wildman–Crippen MR) is 88.1 cm³/mol. The van der Waals surface area contributed by atoms with Crippen LogP contribution in [-0.2, 0) is 9.59 Å². The van der Waals surface area contributed by atoms with Crippen LogP contribution in [0.15, 0.2) is 48.5 Å². The Morgan fingerprint density at radius 3 is 2.32 bits per heavy atom. The highest BCUT2D eigenvalue weighted by Crippen LogP contribution is 2.33. The van der Waals surface area contributed by atoms with Gasteiger partial charge in [-0.25, -0.2) is 4.90 Å². The van der Waals surface area contributed by atoms with Crippen molar-refractivity contribution in [2.75, 3.05) is 4.90 Å². The first-order chi connectivity index (χ1) is 10.5. The molecule has 22 heavy (non-hydrogen) atoms. The van der Waals surface area contributed by atoms with Crippen LogP contribution in [0.5, 0.6) is 0 Å². The molecule has 0 unspecified atom stereocenters. The molecule has 2 amide bonds. The third kappa shape index (κ3) is 2.43. The molecule has 1 aliphatic rings. The lowest BCUT2D eigenvalue weighted by Crippen LogP contribution is -2.31. The highest BCUT2D eigenvalue weighted by molar-refractivity contribution is 6.44. The lowest BCUT2D eigenvalue weighted by Gasteiger charge is -2.18. The van der Waals surface area contributed by atoms with Gasteiger partial charge in [0.05, 0.1) is 11.3 Å². The van der Waals surface area contributed by atoms with E-state index in [2.05, 4.69) is 0 Å². The van der Waals surface area contributed by atoms with E-state index in [0.29, 0.717) is 32.4 Å². The van der Waals surface area contributed by atoms with Crippen LogP contribution in [0.4, 0.5) is 5.69 Å². The smallest absolute Gasteiger partial charge is 0.266 e. The molecule has 0 radical (unpaired) electrons. The summed E-state index contributed by atoms with van der Waals surface area (Å²) in [4.78, 5) is 26.0. The first-order valence-corrected chi connectivity index (χ1v) is 7.36. The summed E-state index contributed by atoms with van der Waals surface area (Å²) >= 11 is 11.9. The monoisotopic (exact) mass is 331 g/mol. The normalized spacial score (nSPS) is 14.5. The number of carbonyl (C=O) groups is 2. The van der Waals surface area contributed by atoms with Gasteiger partial charge in [0, 0.05) is 16.1 Å². The zero-order valence-corrected chi connectivity index (χ0v) is 13.2. The Balaban J connectivity index is 2.02. The molecule has 1 aliphatic heterocycles. The molecule has 0 N–H and O–H groups in total. The standard InChI is InChI=1S/C17H11Cl2NO2/c1-10-14(19)3-2-4-15(10)20-16(21)9-13(17(20)22)11-5-7-12(18)8-6-11/h2-9H,1H3. The number of hydrogen-bond donors (Lipinski definition) is 0. The lowest BCUT2D eigenvalue weighted by atomic mass is 10.1. The minimum Gasteiger partial charge on any atom is -0.269 e. The topological polar surface area (TPSA) is 37.4 Å². The molecule has 0 aromatic heterocycles. The zero-order chi connectivity index (χ0) is 15.9. The van der Waals surface area contributed by atoms with Gasteiger partial charge in [0.2, 0.25) is 0 Å². The molecule has 3 nitrogen and oxygen atoms in total. The van der Waals surface area contributed by atoms with E-state index in [1.165, 1.54) is 6.08 Å². The fourth-order valence-corrected chi connectivity index (χ4v) is 2.67. The Bertz CT molecular complexity index is 810. The van der Waals surface area contributed by atoms with Gasteiger partial charge in [-0.05, 0) is 42.3 Å².